The minimum Gasteiger partial charge on any atom is -0.390 e. The average Bonchev–Trinajstić information content (AvgIpc) is 2.13. The van der Waals surface area contributed by atoms with Gasteiger partial charge in [0.25, 0.3) is 0 Å². The van der Waals surface area contributed by atoms with E-state index in [1.54, 1.807) is 0 Å². The Kier molecular flexibility index (Phi) is 6.70. The Morgan fingerprint density at radius 3 is 2.08 bits per heavy atom. The third-order valence-corrected chi connectivity index (χ3v) is 1.76. The van der Waals surface area contributed by atoms with Gasteiger partial charge in [-0.25, -0.2) is 0 Å². The van der Waals surface area contributed by atoms with Crippen molar-refractivity contribution in [2.45, 2.75) is 32.7 Å². The maximum absolute atomic E-state index is 8.65. The summed E-state index contributed by atoms with van der Waals surface area (Å²) in [6.45, 7) is 3.75. The van der Waals surface area contributed by atoms with Crippen LogP contribution < -0.4 is 5.43 Å². The van der Waals surface area contributed by atoms with Crippen LogP contribution in [0.2, 0.25) is 0 Å². The number of hydrogen-bond donors (Lipinski definition) is 3. The molecule has 0 radical (unpaired) electrons. The normalized spacial score (nSPS) is 10.1. The molecule has 0 aromatic heterocycles. The van der Waals surface area contributed by atoms with Crippen molar-refractivity contribution in [1.29, 1.82) is 0 Å². The minimum atomic E-state index is -0.191. The third kappa shape index (κ3) is 4.31. The fourth-order valence-electron chi connectivity index (χ4n) is 0.775. The molecule has 0 amide bonds. The first-order valence-corrected chi connectivity index (χ1v) is 4.31. The Balaban J connectivity index is 3.81. The quantitative estimate of drug-likeness (QED) is 0.395. The first-order chi connectivity index (χ1) is 5.78. The molecule has 12 heavy (non-hydrogen) atoms. The van der Waals surface area contributed by atoms with E-state index < -0.39 is 0 Å². The van der Waals surface area contributed by atoms with Crippen LogP contribution in [0.1, 0.15) is 26.7 Å². The molecule has 0 aromatic rings. The lowest BCUT2D eigenvalue weighted by molar-refractivity contribution is 0.316. The van der Waals surface area contributed by atoms with E-state index in [4.69, 9.17) is 10.2 Å². The summed E-state index contributed by atoms with van der Waals surface area (Å²) in [5.41, 5.74) is 3.27. The van der Waals surface area contributed by atoms with Crippen molar-refractivity contribution in [1.82, 2.24) is 5.43 Å². The van der Waals surface area contributed by atoms with Crippen LogP contribution in [0.25, 0.3) is 0 Å². The summed E-state index contributed by atoms with van der Waals surface area (Å²) in [4.78, 5) is 0. The molecule has 0 aliphatic heterocycles. The van der Waals surface area contributed by atoms with Crippen LogP contribution in [0.4, 0.5) is 0 Å². The van der Waals surface area contributed by atoms with E-state index in [0.717, 1.165) is 12.8 Å². The van der Waals surface area contributed by atoms with Crippen molar-refractivity contribution >= 4 is 5.71 Å². The number of nitrogens with zero attached hydrogens (tertiary/aromatic N) is 1. The van der Waals surface area contributed by atoms with Gasteiger partial charge in [0.15, 0.2) is 0 Å². The summed E-state index contributed by atoms with van der Waals surface area (Å²) in [5, 5.41) is 21.2. The van der Waals surface area contributed by atoms with Gasteiger partial charge in [0, 0.05) is 6.04 Å². The predicted octanol–water partition coefficient (Wildman–Crippen LogP) is 0.105. The molecule has 4 nitrogen and oxygen atoms in total. The lowest BCUT2D eigenvalue weighted by Crippen LogP contribution is -2.25. The van der Waals surface area contributed by atoms with Crippen LogP contribution in [-0.4, -0.2) is 35.2 Å². The van der Waals surface area contributed by atoms with Crippen molar-refractivity contribution in [3.8, 4) is 0 Å². The zero-order valence-electron chi connectivity index (χ0n) is 7.75. The van der Waals surface area contributed by atoms with Crippen LogP contribution >= 0.6 is 0 Å². The van der Waals surface area contributed by atoms with Crippen LogP contribution in [0.3, 0.4) is 0 Å². The van der Waals surface area contributed by atoms with Crippen LogP contribution in [-0.2, 0) is 0 Å². The topological polar surface area (TPSA) is 64.9 Å². The van der Waals surface area contributed by atoms with E-state index in [1.807, 2.05) is 0 Å². The monoisotopic (exact) mass is 174 g/mol. The SMILES string of the molecule is CCC(CC)NN=C(CO)CO. The Hall–Kier alpha value is -0.610. The molecule has 0 saturated heterocycles. The smallest absolute Gasteiger partial charge is 0.0885 e. The number of hydrazone groups is 1. The Bertz CT molecular complexity index is 127. The molecule has 0 rings (SSSR count). The minimum absolute atomic E-state index is 0.191. The highest BCUT2D eigenvalue weighted by molar-refractivity contribution is 5.86. The molecular weight excluding hydrogens is 156 g/mol. The van der Waals surface area contributed by atoms with Gasteiger partial charge >= 0.3 is 0 Å². The van der Waals surface area contributed by atoms with Crippen molar-refractivity contribution in [3.63, 3.8) is 0 Å². The summed E-state index contributed by atoms with van der Waals surface area (Å²) in [6.07, 6.45) is 1.98. The lowest BCUT2D eigenvalue weighted by Gasteiger charge is -2.12. The van der Waals surface area contributed by atoms with E-state index in [1.165, 1.54) is 0 Å². The van der Waals surface area contributed by atoms with E-state index in [-0.39, 0.29) is 13.2 Å². The number of nitrogens with one attached hydrogen (secondary N) is 1. The number of aliphatic hydroxyl groups is 2. The van der Waals surface area contributed by atoms with Gasteiger partial charge in [0.1, 0.15) is 0 Å². The maximum Gasteiger partial charge on any atom is 0.0885 e. The molecule has 0 bridgehead atoms. The molecule has 72 valence electrons. The second-order valence-electron chi connectivity index (χ2n) is 2.64. The van der Waals surface area contributed by atoms with Crippen molar-refractivity contribution in [3.05, 3.63) is 0 Å². The standard InChI is InChI=1S/C8H18N2O2/c1-3-7(4-2)9-10-8(5-11)6-12/h7,9,11-12H,3-6H2,1-2H3. The highest BCUT2D eigenvalue weighted by atomic mass is 16.3. The highest BCUT2D eigenvalue weighted by Gasteiger charge is 2.00. The van der Waals surface area contributed by atoms with Crippen molar-refractivity contribution < 1.29 is 10.2 Å². The van der Waals surface area contributed by atoms with Crippen molar-refractivity contribution in [2.24, 2.45) is 5.10 Å². The number of hydrogen-bond acceptors (Lipinski definition) is 4. The van der Waals surface area contributed by atoms with E-state index in [2.05, 4.69) is 24.4 Å². The first kappa shape index (κ1) is 11.4. The Morgan fingerprint density at radius 2 is 1.75 bits per heavy atom. The second-order valence-corrected chi connectivity index (χ2v) is 2.64. The van der Waals surface area contributed by atoms with Gasteiger partial charge in [-0.1, -0.05) is 13.8 Å². The molecule has 0 saturated carbocycles. The lowest BCUT2D eigenvalue weighted by atomic mass is 10.2. The molecule has 0 aliphatic rings. The molecule has 0 unspecified atom stereocenters. The zero-order chi connectivity index (χ0) is 9.40. The summed E-state index contributed by atoms with van der Waals surface area (Å²) in [6, 6.07) is 0.332. The van der Waals surface area contributed by atoms with Gasteiger partial charge in [-0.05, 0) is 12.8 Å². The number of rotatable bonds is 6. The van der Waals surface area contributed by atoms with Gasteiger partial charge in [-0.15, -0.1) is 0 Å². The molecule has 0 fully saturated rings. The van der Waals surface area contributed by atoms with Crippen LogP contribution in [0.15, 0.2) is 5.10 Å². The van der Waals surface area contributed by atoms with E-state index in [0.29, 0.717) is 11.8 Å². The largest absolute Gasteiger partial charge is 0.390 e. The molecule has 3 N–H and O–H groups in total. The molecule has 0 heterocycles. The fourth-order valence-corrected chi connectivity index (χ4v) is 0.775. The summed E-state index contributed by atoms with van der Waals surface area (Å²) in [5.74, 6) is 0. The molecular formula is C8H18N2O2. The average molecular weight is 174 g/mol. The van der Waals surface area contributed by atoms with Crippen LogP contribution in [0.5, 0.6) is 0 Å². The summed E-state index contributed by atoms with van der Waals surface area (Å²) < 4.78 is 0. The molecule has 0 spiro atoms. The molecule has 0 atom stereocenters. The van der Waals surface area contributed by atoms with E-state index >= 15 is 0 Å². The molecule has 0 aliphatic carbocycles. The molecule has 4 heteroatoms. The summed E-state index contributed by atoms with van der Waals surface area (Å²) >= 11 is 0. The highest BCUT2D eigenvalue weighted by Crippen LogP contribution is 1.95. The zero-order valence-corrected chi connectivity index (χ0v) is 7.75. The number of aliphatic hydroxyl groups excluding tert-OH is 2. The summed E-state index contributed by atoms with van der Waals surface area (Å²) in [7, 11) is 0. The van der Waals surface area contributed by atoms with Gasteiger partial charge in [-0.3, -0.25) is 0 Å². The third-order valence-electron chi connectivity index (χ3n) is 1.76. The van der Waals surface area contributed by atoms with Gasteiger partial charge in [0.2, 0.25) is 0 Å². The Labute approximate surface area is 73.3 Å². The van der Waals surface area contributed by atoms with Gasteiger partial charge < -0.3 is 15.6 Å². The molecule has 0 aromatic carbocycles. The first-order valence-electron chi connectivity index (χ1n) is 4.31. The predicted molar refractivity (Wildman–Crippen MR) is 49.1 cm³/mol. The van der Waals surface area contributed by atoms with Gasteiger partial charge in [-0.2, -0.15) is 5.10 Å². The second kappa shape index (κ2) is 7.06. The maximum atomic E-state index is 8.65. The van der Waals surface area contributed by atoms with Crippen molar-refractivity contribution in [2.75, 3.05) is 13.2 Å². The van der Waals surface area contributed by atoms with E-state index in [9.17, 15) is 0 Å². The van der Waals surface area contributed by atoms with Gasteiger partial charge in [0.05, 0.1) is 18.9 Å². The van der Waals surface area contributed by atoms with Crippen LogP contribution in [0, 0.1) is 0 Å². The Morgan fingerprint density at radius 1 is 1.25 bits per heavy atom. The fraction of sp³-hybridized carbons (Fsp3) is 0.875.